The van der Waals surface area contributed by atoms with Crippen LogP contribution in [0.25, 0.3) is 44.2 Å². The van der Waals surface area contributed by atoms with Gasteiger partial charge in [-0.3, -0.25) is 4.79 Å². The lowest BCUT2D eigenvalue weighted by Crippen LogP contribution is -2.00. The van der Waals surface area contributed by atoms with Crippen molar-refractivity contribution in [1.82, 2.24) is 0 Å². The third kappa shape index (κ3) is 3.42. The van der Waals surface area contributed by atoms with Gasteiger partial charge in [0.1, 0.15) is 11.2 Å². The molecule has 2 heteroatoms. The van der Waals surface area contributed by atoms with Crippen LogP contribution < -0.4 is 0 Å². The zero-order chi connectivity index (χ0) is 22.2. The molecule has 0 atom stereocenters. The summed E-state index contributed by atoms with van der Waals surface area (Å²) in [6.45, 7) is 0. The molecule has 0 saturated carbocycles. The molecular formula is C31H20O2. The highest BCUT2D eigenvalue weighted by Crippen LogP contribution is 2.35. The van der Waals surface area contributed by atoms with Crippen molar-refractivity contribution in [3.8, 4) is 22.3 Å². The highest BCUT2D eigenvalue weighted by Gasteiger charge is 2.13. The molecule has 0 unspecified atom stereocenters. The summed E-state index contributed by atoms with van der Waals surface area (Å²) in [5, 5.41) is 2.21. The number of ketones is 1. The largest absolute Gasteiger partial charge is 0.455 e. The molecule has 1 aromatic heterocycles. The number of para-hydroxylation sites is 2. The second kappa shape index (κ2) is 7.92. The molecule has 0 bridgehead atoms. The summed E-state index contributed by atoms with van der Waals surface area (Å²) in [7, 11) is 0. The first-order valence-electron chi connectivity index (χ1n) is 11.0. The third-order valence-electron chi connectivity index (χ3n) is 6.12. The van der Waals surface area contributed by atoms with Crippen LogP contribution in [0.1, 0.15) is 15.9 Å². The Bertz CT molecular complexity index is 1590. The van der Waals surface area contributed by atoms with Crippen molar-refractivity contribution in [2.45, 2.75) is 0 Å². The maximum Gasteiger partial charge on any atom is 0.193 e. The molecule has 0 fully saturated rings. The van der Waals surface area contributed by atoms with Crippen molar-refractivity contribution >= 4 is 27.7 Å². The average molecular weight is 424 g/mol. The molecule has 0 spiro atoms. The summed E-state index contributed by atoms with van der Waals surface area (Å²) < 4.78 is 6.17. The normalized spacial score (nSPS) is 11.2. The minimum atomic E-state index is 0.0168. The fourth-order valence-corrected chi connectivity index (χ4v) is 4.39. The van der Waals surface area contributed by atoms with E-state index < -0.39 is 0 Å². The van der Waals surface area contributed by atoms with Crippen molar-refractivity contribution in [3.63, 3.8) is 0 Å². The van der Waals surface area contributed by atoms with Crippen LogP contribution >= 0.6 is 0 Å². The van der Waals surface area contributed by atoms with Crippen molar-refractivity contribution in [2.75, 3.05) is 0 Å². The van der Waals surface area contributed by atoms with Gasteiger partial charge in [-0.15, -0.1) is 0 Å². The van der Waals surface area contributed by atoms with Gasteiger partial charge in [-0.2, -0.15) is 0 Å². The van der Waals surface area contributed by atoms with Crippen LogP contribution in [0.3, 0.4) is 0 Å². The number of furan rings is 1. The molecule has 5 aromatic carbocycles. The SMILES string of the molecule is O=C(c1ccc(-c2ccccc2)cc1)c1ccc(-c2cccc3c2oc2ccccc23)cc1. The molecule has 6 rings (SSSR count). The van der Waals surface area contributed by atoms with Crippen LogP contribution in [0.5, 0.6) is 0 Å². The van der Waals surface area contributed by atoms with Crippen LogP contribution in [-0.4, -0.2) is 5.78 Å². The van der Waals surface area contributed by atoms with Crippen molar-refractivity contribution < 1.29 is 9.21 Å². The van der Waals surface area contributed by atoms with Crippen molar-refractivity contribution in [1.29, 1.82) is 0 Å². The van der Waals surface area contributed by atoms with E-state index in [4.69, 9.17) is 4.42 Å². The van der Waals surface area contributed by atoms with Gasteiger partial charge in [0.25, 0.3) is 0 Å². The van der Waals surface area contributed by atoms with Crippen LogP contribution in [0.2, 0.25) is 0 Å². The number of rotatable bonds is 4. The molecule has 0 aliphatic heterocycles. The van der Waals surface area contributed by atoms with E-state index in [1.165, 1.54) is 0 Å². The Hall–Kier alpha value is -4.43. The molecule has 0 aliphatic carbocycles. The summed E-state index contributed by atoms with van der Waals surface area (Å²) in [6, 6.07) is 40.0. The summed E-state index contributed by atoms with van der Waals surface area (Å²) in [5.74, 6) is 0.0168. The minimum absolute atomic E-state index is 0.0168. The first-order chi connectivity index (χ1) is 16.3. The van der Waals surface area contributed by atoms with E-state index >= 15 is 0 Å². The van der Waals surface area contributed by atoms with Crippen molar-refractivity contribution in [2.24, 2.45) is 0 Å². The second-order valence-electron chi connectivity index (χ2n) is 8.13. The molecule has 6 aromatic rings. The molecule has 156 valence electrons. The Kier molecular flexibility index (Phi) is 4.63. The summed E-state index contributed by atoms with van der Waals surface area (Å²) in [4.78, 5) is 13.1. The number of carbonyl (C=O) groups excluding carboxylic acids is 1. The molecule has 0 N–H and O–H groups in total. The van der Waals surface area contributed by atoms with Gasteiger partial charge in [-0.25, -0.2) is 0 Å². The van der Waals surface area contributed by atoms with E-state index in [-0.39, 0.29) is 5.78 Å². The number of benzene rings is 5. The van der Waals surface area contributed by atoms with Gasteiger partial charge in [0.05, 0.1) is 0 Å². The summed E-state index contributed by atoms with van der Waals surface area (Å²) in [5.41, 5.74) is 7.39. The van der Waals surface area contributed by atoms with Gasteiger partial charge >= 0.3 is 0 Å². The van der Waals surface area contributed by atoms with Gasteiger partial charge in [0.15, 0.2) is 5.78 Å². The summed E-state index contributed by atoms with van der Waals surface area (Å²) in [6.07, 6.45) is 0. The van der Waals surface area contributed by atoms with Gasteiger partial charge in [-0.1, -0.05) is 115 Å². The Labute approximate surface area is 191 Å². The van der Waals surface area contributed by atoms with E-state index in [1.807, 2.05) is 91.0 Å². The van der Waals surface area contributed by atoms with E-state index in [2.05, 4.69) is 30.3 Å². The molecule has 0 saturated heterocycles. The van der Waals surface area contributed by atoms with Gasteiger partial charge in [-0.05, 0) is 22.8 Å². The van der Waals surface area contributed by atoms with E-state index in [9.17, 15) is 4.79 Å². The van der Waals surface area contributed by atoms with Crippen LogP contribution in [0, 0.1) is 0 Å². The van der Waals surface area contributed by atoms with E-state index in [0.717, 1.165) is 44.2 Å². The Morgan fingerprint density at radius 1 is 0.485 bits per heavy atom. The van der Waals surface area contributed by atoms with Gasteiger partial charge in [0, 0.05) is 27.5 Å². The summed E-state index contributed by atoms with van der Waals surface area (Å²) >= 11 is 0. The number of carbonyl (C=O) groups is 1. The molecule has 0 amide bonds. The number of hydrogen-bond donors (Lipinski definition) is 0. The van der Waals surface area contributed by atoms with E-state index in [1.54, 1.807) is 0 Å². The molecule has 33 heavy (non-hydrogen) atoms. The lowest BCUT2D eigenvalue weighted by molar-refractivity contribution is 0.103. The quantitative estimate of drug-likeness (QED) is 0.267. The van der Waals surface area contributed by atoms with Gasteiger partial charge < -0.3 is 4.42 Å². The standard InChI is InChI=1S/C31H20O2/c32-30(24-17-13-22(14-18-24)21-7-2-1-3-8-21)25-19-15-23(16-20-25)26-10-6-11-28-27-9-4-5-12-29(27)33-31(26)28/h1-20H. The monoisotopic (exact) mass is 424 g/mol. The zero-order valence-electron chi connectivity index (χ0n) is 17.9. The second-order valence-corrected chi connectivity index (χ2v) is 8.13. The first-order valence-corrected chi connectivity index (χ1v) is 11.0. The first kappa shape index (κ1) is 19.3. The molecular weight excluding hydrogens is 404 g/mol. The minimum Gasteiger partial charge on any atom is -0.455 e. The smallest absolute Gasteiger partial charge is 0.193 e. The zero-order valence-corrected chi connectivity index (χ0v) is 17.9. The predicted molar refractivity (Wildman–Crippen MR) is 134 cm³/mol. The van der Waals surface area contributed by atoms with Crippen LogP contribution in [0.4, 0.5) is 0 Å². The fourth-order valence-electron chi connectivity index (χ4n) is 4.39. The Morgan fingerprint density at radius 2 is 1.06 bits per heavy atom. The van der Waals surface area contributed by atoms with Crippen LogP contribution in [-0.2, 0) is 0 Å². The Balaban J connectivity index is 1.31. The van der Waals surface area contributed by atoms with E-state index in [0.29, 0.717) is 11.1 Å². The maximum atomic E-state index is 13.1. The van der Waals surface area contributed by atoms with Crippen LogP contribution in [0.15, 0.2) is 126 Å². The molecule has 2 nitrogen and oxygen atoms in total. The fraction of sp³-hybridized carbons (Fsp3) is 0. The molecule has 1 heterocycles. The lowest BCUT2D eigenvalue weighted by atomic mass is 9.97. The molecule has 0 radical (unpaired) electrons. The lowest BCUT2D eigenvalue weighted by Gasteiger charge is -2.06. The van der Waals surface area contributed by atoms with Crippen molar-refractivity contribution in [3.05, 3.63) is 132 Å². The molecule has 0 aliphatic rings. The highest BCUT2D eigenvalue weighted by molar-refractivity contribution is 6.11. The number of hydrogen-bond acceptors (Lipinski definition) is 2. The third-order valence-corrected chi connectivity index (χ3v) is 6.12. The van der Waals surface area contributed by atoms with Gasteiger partial charge in [0.2, 0.25) is 0 Å². The topological polar surface area (TPSA) is 30.2 Å². The Morgan fingerprint density at radius 3 is 1.79 bits per heavy atom. The number of fused-ring (bicyclic) bond motifs is 3. The predicted octanol–water partition coefficient (Wildman–Crippen LogP) is 8.15. The average Bonchev–Trinajstić information content (AvgIpc) is 3.28. The maximum absolute atomic E-state index is 13.1. The highest BCUT2D eigenvalue weighted by atomic mass is 16.3.